The molecule has 2 amide bonds. The molecule has 8 heteroatoms. The number of rotatable bonds is 8. The van der Waals surface area contributed by atoms with E-state index in [0.29, 0.717) is 37.9 Å². The summed E-state index contributed by atoms with van der Waals surface area (Å²) >= 11 is 0. The number of piperidine rings is 1. The maximum Gasteiger partial charge on any atom is 0.248 e. The number of benzene rings is 1. The second-order valence-corrected chi connectivity index (χ2v) is 8.59. The van der Waals surface area contributed by atoms with Gasteiger partial charge in [0.1, 0.15) is 6.04 Å². The van der Waals surface area contributed by atoms with Gasteiger partial charge in [-0.2, -0.15) is 4.31 Å². The van der Waals surface area contributed by atoms with Crippen LogP contribution in [0.3, 0.4) is 0 Å². The van der Waals surface area contributed by atoms with Crippen molar-refractivity contribution >= 4 is 21.8 Å². The van der Waals surface area contributed by atoms with Gasteiger partial charge in [0.05, 0.1) is 5.75 Å². The smallest absolute Gasteiger partial charge is 0.248 e. The lowest BCUT2D eigenvalue weighted by atomic mass is 10.0. The molecule has 0 bridgehead atoms. The van der Waals surface area contributed by atoms with Gasteiger partial charge in [-0.05, 0) is 43.4 Å². The van der Waals surface area contributed by atoms with Crippen LogP contribution in [-0.2, 0) is 21.2 Å². The van der Waals surface area contributed by atoms with Gasteiger partial charge >= 0.3 is 0 Å². The average Bonchev–Trinajstić information content (AvgIpc) is 2.62. The number of carbonyl (C=O) groups excluding carboxylic acids is 2. The lowest BCUT2D eigenvalue weighted by Crippen LogP contribution is -2.52. The topological polar surface area (TPSA) is 110 Å². The third-order valence-electron chi connectivity index (χ3n) is 4.50. The molecule has 1 aliphatic rings. The van der Waals surface area contributed by atoms with Gasteiger partial charge in [0.25, 0.3) is 0 Å². The van der Waals surface area contributed by atoms with Crippen LogP contribution in [0.2, 0.25) is 0 Å². The summed E-state index contributed by atoms with van der Waals surface area (Å²) in [4.78, 5) is 23.7. The lowest BCUT2D eigenvalue weighted by molar-refractivity contribution is -0.125. The average molecular weight is 381 g/mol. The first-order valence-corrected chi connectivity index (χ1v) is 10.6. The Morgan fingerprint density at radius 2 is 2.08 bits per heavy atom. The van der Waals surface area contributed by atoms with Gasteiger partial charge in [0, 0.05) is 18.7 Å². The number of hydrogen-bond acceptors (Lipinski definition) is 4. The molecule has 1 saturated heterocycles. The molecular formula is C18H27N3O4S. The van der Waals surface area contributed by atoms with E-state index in [1.54, 1.807) is 18.2 Å². The van der Waals surface area contributed by atoms with Crippen molar-refractivity contribution in [3.63, 3.8) is 0 Å². The van der Waals surface area contributed by atoms with Gasteiger partial charge in [-0.25, -0.2) is 8.42 Å². The molecule has 0 radical (unpaired) electrons. The van der Waals surface area contributed by atoms with E-state index in [1.165, 1.54) is 4.31 Å². The number of nitrogens with two attached hydrogens (primary N) is 1. The fourth-order valence-electron chi connectivity index (χ4n) is 3.20. The van der Waals surface area contributed by atoms with Gasteiger partial charge in [0.15, 0.2) is 0 Å². The predicted octanol–water partition coefficient (Wildman–Crippen LogP) is 1.04. The fourth-order valence-corrected chi connectivity index (χ4v) is 4.95. The molecule has 0 aromatic heterocycles. The zero-order valence-corrected chi connectivity index (χ0v) is 15.9. The van der Waals surface area contributed by atoms with Crippen LogP contribution in [-0.4, -0.2) is 49.4 Å². The zero-order chi connectivity index (χ0) is 19.2. The number of amides is 2. The van der Waals surface area contributed by atoms with E-state index in [4.69, 9.17) is 5.73 Å². The highest BCUT2D eigenvalue weighted by Crippen LogP contribution is 2.21. The number of hydrogen-bond donors (Lipinski definition) is 2. The molecule has 0 spiro atoms. The molecule has 0 aliphatic carbocycles. The summed E-state index contributed by atoms with van der Waals surface area (Å²) in [5.41, 5.74) is 6.58. The van der Waals surface area contributed by atoms with E-state index in [-0.39, 0.29) is 11.7 Å². The van der Waals surface area contributed by atoms with Crippen molar-refractivity contribution in [2.75, 3.05) is 18.8 Å². The lowest BCUT2D eigenvalue weighted by Gasteiger charge is -2.33. The van der Waals surface area contributed by atoms with E-state index in [1.807, 2.05) is 13.0 Å². The standard InChI is InChI=1S/C18H27N3O4S/c1-2-12-26(24,25)21-11-4-3-8-16(21)18(23)20-10-9-14-6-5-7-15(13-14)17(19)22/h5-7,13,16H,2-4,8-12H2,1H3,(H2,19,22)(H,20,23). The van der Waals surface area contributed by atoms with Crippen LogP contribution in [0.4, 0.5) is 0 Å². The van der Waals surface area contributed by atoms with Crippen molar-refractivity contribution in [3.8, 4) is 0 Å². The van der Waals surface area contributed by atoms with Crippen molar-refractivity contribution in [2.24, 2.45) is 5.73 Å². The van der Waals surface area contributed by atoms with Gasteiger partial charge in [-0.3, -0.25) is 9.59 Å². The third-order valence-corrected chi connectivity index (χ3v) is 6.58. The number of nitrogens with one attached hydrogen (secondary N) is 1. The van der Waals surface area contributed by atoms with Gasteiger partial charge in [-0.1, -0.05) is 25.5 Å². The Kier molecular flexibility index (Phi) is 7.16. The van der Waals surface area contributed by atoms with Gasteiger partial charge in [0.2, 0.25) is 21.8 Å². The van der Waals surface area contributed by atoms with E-state index in [2.05, 4.69) is 5.32 Å². The molecule has 1 heterocycles. The van der Waals surface area contributed by atoms with E-state index in [0.717, 1.165) is 18.4 Å². The maximum absolute atomic E-state index is 12.5. The Balaban J connectivity index is 1.95. The largest absolute Gasteiger partial charge is 0.366 e. The van der Waals surface area contributed by atoms with E-state index >= 15 is 0 Å². The monoisotopic (exact) mass is 381 g/mol. The van der Waals surface area contributed by atoms with Crippen molar-refractivity contribution in [1.29, 1.82) is 0 Å². The molecule has 0 saturated carbocycles. The number of carbonyl (C=O) groups is 2. The highest BCUT2D eigenvalue weighted by molar-refractivity contribution is 7.89. The summed E-state index contributed by atoms with van der Waals surface area (Å²) in [5.74, 6) is -0.679. The highest BCUT2D eigenvalue weighted by atomic mass is 32.2. The van der Waals surface area contributed by atoms with Crippen LogP contribution < -0.4 is 11.1 Å². The van der Waals surface area contributed by atoms with Gasteiger partial charge < -0.3 is 11.1 Å². The Bertz CT molecular complexity index is 749. The Morgan fingerprint density at radius 3 is 2.77 bits per heavy atom. The molecular weight excluding hydrogens is 354 g/mol. The summed E-state index contributed by atoms with van der Waals surface area (Å²) in [5, 5.41) is 2.83. The van der Waals surface area contributed by atoms with E-state index in [9.17, 15) is 18.0 Å². The molecule has 1 aliphatic heterocycles. The molecule has 2 rings (SSSR count). The molecule has 1 atom stereocenters. The molecule has 3 N–H and O–H groups in total. The Labute approximate surface area is 155 Å². The molecule has 1 fully saturated rings. The maximum atomic E-state index is 12.5. The second kappa shape index (κ2) is 9.14. The van der Waals surface area contributed by atoms with Crippen molar-refractivity contribution in [2.45, 2.75) is 45.1 Å². The SMILES string of the molecule is CCCS(=O)(=O)N1CCCCC1C(=O)NCCc1cccc(C(N)=O)c1. The van der Waals surface area contributed by atoms with Crippen molar-refractivity contribution in [1.82, 2.24) is 9.62 Å². The van der Waals surface area contributed by atoms with Crippen molar-refractivity contribution < 1.29 is 18.0 Å². The van der Waals surface area contributed by atoms with Crippen LogP contribution in [0.1, 0.15) is 48.5 Å². The van der Waals surface area contributed by atoms with E-state index < -0.39 is 22.0 Å². The summed E-state index contributed by atoms with van der Waals surface area (Å²) in [6.07, 6.45) is 3.25. The number of sulfonamides is 1. The van der Waals surface area contributed by atoms with Crippen LogP contribution in [0.15, 0.2) is 24.3 Å². The quantitative estimate of drug-likeness (QED) is 0.701. The molecule has 26 heavy (non-hydrogen) atoms. The minimum atomic E-state index is -3.40. The molecule has 1 aromatic carbocycles. The summed E-state index contributed by atoms with van der Waals surface area (Å²) in [7, 11) is -3.40. The summed E-state index contributed by atoms with van der Waals surface area (Å²) < 4.78 is 26.2. The number of primary amides is 1. The minimum absolute atomic E-state index is 0.0662. The van der Waals surface area contributed by atoms with Crippen LogP contribution in [0.25, 0.3) is 0 Å². The first-order chi connectivity index (χ1) is 12.3. The van der Waals surface area contributed by atoms with Crippen LogP contribution >= 0.6 is 0 Å². The molecule has 1 unspecified atom stereocenters. The molecule has 7 nitrogen and oxygen atoms in total. The molecule has 144 valence electrons. The normalized spacial score (nSPS) is 18.4. The number of nitrogens with zero attached hydrogens (tertiary/aromatic N) is 1. The first kappa shape index (κ1) is 20.4. The predicted molar refractivity (Wildman–Crippen MR) is 100 cm³/mol. The highest BCUT2D eigenvalue weighted by Gasteiger charge is 2.35. The minimum Gasteiger partial charge on any atom is -0.366 e. The second-order valence-electron chi connectivity index (χ2n) is 6.54. The summed E-state index contributed by atoms with van der Waals surface area (Å²) in [6, 6.07) is 6.32. The zero-order valence-electron chi connectivity index (χ0n) is 15.1. The Morgan fingerprint density at radius 1 is 1.31 bits per heavy atom. The third kappa shape index (κ3) is 5.28. The summed E-state index contributed by atoms with van der Waals surface area (Å²) in [6.45, 7) is 2.59. The Hall–Kier alpha value is -1.93. The van der Waals surface area contributed by atoms with Crippen LogP contribution in [0, 0.1) is 0 Å². The molecule has 1 aromatic rings. The van der Waals surface area contributed by atoms with Crippen LogP contribution in [0.5, 0.6) is 0 Å². The van der Waals surface area contributed by atoms with Crippen molar-refractivity contribution in [3.05, 3.63) is 35.4 Å². The fraction of sp³-hybridized carbons (Fsp3) is 0.556. The first-order valence-electron chi connectivity index (χ1n) is 9.01. The van der Waals surface area contributed by atoms with Gasteiger partial charge in [-0.15, -0.1) is 0 Å².